The normalized spacial score (nSPS) is 12.4. The SMILES string of the molecule is C=CC(=O)OCCOC(=O)CCCCCOC(=O)CCCCCCCCC(CCCCCCCC)C(CCCCCCCC)CCCCCCCCC(=O)NCCNC(=O)CCCCCCCCC(CCCCCCCC)C(CCCCCCCC)CCCCCCCCC(=O)OCCCCCC(=O)OCCOC(=O)C=C. The van der Waals surface area contributed by atoms with Crippen LogP contribution in [-0.4, -0.2) is 100 Å². The molecule has 16 heteroatoms. The van der Waals surface area contributed by atoms with Crippen LogP contribution in [0.25, 0.3) is 0 Å². The molecule has 0 aliphatic rings. The van der Waals surface area contributed by atoms with Gasteiger partial charge in [0.15, 0.2) is 0 Å². The lowest BCUT2D eigenvalue weighted by atomic mass is 9.78. The first kappa shape index (κ1) is 107. The van der Waals surface area contributed by atoms with E-state index in [-0.39, 0.29) is 75.0 Å². The minimum atomic E-state index is -0.541. The van der Waals surface area contributed by atoms with Crippen LogP contribution in [0.3, 0.4) is 0 Å². The monoisotopic (exact) mass is 1580 g/mol. The summed E-state index contributed by atoms with van der Waals surface area (Å²) in [7, 11) is 0. The van der Waals surface area contributed by atoms with E-state index in [4.69, 9.17) is 28.4 Å². The van der Waals surface area contributed by atoms with Gasteiger partial charge in [0, 0.05) is 63.8 Å². The van der Waals surface area contributed by atoms with Gasteiger partial charge in [-0.2, -0.15) is 0 Å². The quantitative estimate of drug-likeness (QED) is 0.0251. The molecule has 0 saturated heterocycles. The van der Waals surface area contributed by atoms with Crippen LogP contribution in [0.5, 0.6) is 0 Å². The highest BCUT2D eigenvalue weighted by molar-refractivity contribution is 5.81. The van der Waals surface area contributed by atoms with Gasteiger partial charge in [0.2, 0.25) is 11.8 Å². The standard InChI is InChI=1S/C96H176N2O14/c1-7-13-17-21-33-47-63-85(87(65-49-35-23-19-15-9-3)69-53-39-27-31-43-57-73-93(103)107-79-61-45-59-75-95(105)111-83-81-109-91(101)11-5)67-51-37-25-29-41-55-71-89(99)97-77-78-98-90(100)72-56-42-30-26-38-52-68-86(64-48-34-22-18-14-8-2)88(66-50-36-24-20-16-10-4)70-54-40-28-32-44-58-74-94(104)108-80-62-46-60-76-96(106)112-84-82-110-92(102)12-6/h11-12,85-88H,5-10,13-84H2,1-4H3,(H,97,99)(H,98,100). The molecule has 4 atom stereocenters. The number of hydrogen-bond donors (Lipinski definition) is 2. The van der Waals surface area contributed by atoms with Crippen molar-refractivity contribution in [1.29, 1.82) is 0 Å². The van der Waals surface area contributed by atoms with Crippen molar-refractivity contribution in [3.63, 3.8) is 0 Å². The predicted molar refractivity (Wildman–Crippen MR) is 463 cm³/mol. The van der Waals surface area contributed by atoms with E-state index in [1.165, 1.54) is 295 Å². The van der Waals surface area contributed by atoms with E-state index in [0.29, 0.717) is 64.8 Å². The molecule has 0 rings (SSSR count). The Kier molecular flexibility index (Phi) is 82.0. The topological polar surface area (TPSA) is 216 Å². The molecule has 0 aromatic heterocycles. The molecule has 654 valence electrons. The smallest absolute Gasteiger partial charge is 0.330 e. The summed E-state index contributed by atoms with van der Waals surface area (Å²) in [6.45, 7) is 17.7. The number of carbonyl (C=O) groups is 8. The zero-order valence-corrected chi connectivity index (χ0v) is 73.3. The van der Waals surface area contributed by atoms with Crippen LogP contribution < -0.4 is 10.6 Å². The number of nitrogens with one attached hydrogen (secondary N) is 2. The van der Waals surface area contributed by atoms with E-state index >= 15 is 0 Å². The maximum Gasteiger partial charge on any atom is 0.330 e. The number of esters is 6. The van der Waals surface area contributed by atoms with Crippen LogP contribution in [-0.2, 0) is 66.8 Å². The van der Waals surface area contributed by atoms with Crippen LogP contribution in [0.1, 0.15) is 464 Å². The number of unbranched alkanes of at least 4 members (excludes halogenated alkanes) is 44. The Balaban J connectivity index is 4.78. The Morgan fingerprint density at radius 3 is 0.625 bits per heavy atom. The molecule has 4 unspecified atom stereocenters. The van der Waals surface area contributed by atoms with Gasteiger partial charge in [-0.15, -0.1) is 0 Å². The van der Waals surface area contributed by atoms with Crippen molar-refractivity contribution in [2.75, 3.05) is 52.7 Å². The van der Waals surface area contributed by atoms with Crippen LogP contribution in [0.4, 0.5) is 0 Å². The van der Waals surface area contributed by atoms with E-state index in [2.05, 4.69) is 51.5 Å². The lowest BCUT2D eigenvalue weighted by molar-refractivity contribution is -0.149. The molecule has 16 nitrogen and oxygen atoms in total. The number of ether oxygens (including phenoxy) is 6. The number of rotatable bonds is 89. The molecule has 0 aromatic carbocycles. The highest BCUT2D eigenvalue weighted by Gasteiger charge is 2.23. The molecule has 0 fully saturated rings. The minimum Gasteiger partial charge on any atom is -0.466 e. The third-order valence-electron chi connectivity index (χ3n) is 22.8. The maximum atomic E-state index is 12.8. The Bertz CT molecular complexity index is 2060. The van der Waals surface area contributed by atoms with Crippen molar-refractivity contribution in [3.8, 4) is 0 Å². The number of hydrogen-bond acceptors (Lipinski definition) is 14. The molecule has 2 amide bonds. The summed E-state index contributed by atoms with van der Waals surface area (Å²) in [6.07, 6.45) is 80.3. The lowest BCUT2D eigenvalue weighted by Crippen LogP contribution is -2.34. The summed E-state index contributed by atoms with van der Waals surface area (Å²) >= 11 is 0. The van der Waals surface area contributed by atoms with Crippen LogP contribution in [0.15, 0.2) is 25.3 Å². The molecular formula is C96H176N2O14. The van der Waals surface area contributed by atoms with Gasteiger partial charge in [0.25, 0.3) is 0 Å². The molecule has 0 aliphatic carbocycles. The summed E-state index contributed by atoms with van der Waals surface area (Å²) in [5, 5.41) is 6.12. The fraction of sp³-hybridized carbons (Fsp3) is 0.875. The Morgan fingerprint density at radius 1 is 0.223 bits per heavy atom. The largest absolute Gasteiger partial charge is 0.466 e. The Hall–Kier alpha value is -4.76. The molecule has 0 saturated carbocycles. The van der Waals surface area contributed by atoms with Gasteiger partial charge in [0.1, 0.15) is 26.4 Å². The van der Waals surface area contributed by atoms with Crippen molar-refractivity contribution in [1.82, 2.24) is 10.6 Å². The van der Waals surface area contributed by atoms with Crippen LogP contribution in [0.2, 0.25) is 0 Å². The van der Waals surface area contributed by atoms with Crippen molar-refractivity contribution in [2.24, 2.45) is 23.7 Å². The fourth-order valence-corrected chi connectivity index (χ4v) is 15.8. The average Bonchev–Trinajstić information content (AvgIpc) is 0.919. The molecule has 0 heterocycles. The third kappa shape index (κ3) is 76.5. The van der Waals surface area contributed by atoms with Crippen LogP contribution >= 0.6 is 0 Å². The van der Waals surface area contributed by atoms with Crippen molar-refractivity contribution >= 4 is 47.6 Å². The van der Waals surface area contributed by atoms with E-state index in [9.17, 15) is 38.4 Å². The molecule has 0 aliphatic heterocycles. The Morgan fingerprint density at radius 2 is 0.402 bits per heavy atom. The van der Waals surface area contributed by atoms with E-state index in [1.807, 2.05) is 0 Å². The zero-order valence-electron chi connectivity index (χ0n) is 73.3. The second-order valence-corrected chi connectivity index (χ2v) is 32.9. The average molecular weight is 1580 g/mol. The van der Waals surface area contributed by atoms with Crippen LogP contribution in [0, 0.1) is 23.7 Å². The van der Waals surface area contributed by atoms with Gasteiger partial charge < -0.3 is 39.1 Å². The van der Waals surface area contributed by atoms with E-state index in [0.717, 1.165) is 126 Å². The lowest BCUT2D eigenvalue weighted by Gasteiger charge is -2.28. The summed E-state index contributed by atoms with van der Waals surface area (Å²) in [5.74, 6) is 1.48. The van der Waals surface area contributed by atoms with Gasteiger partial charge in [-0.25, -0.2) is 9.59 Å². The molecule has 0 aromatic rings. The second-order valence-electron chi connectivity index (χ2n) is 32.9. The number of amides is 2. The van der Waals surface area contributed by atoms with Gasteiger partial charge in [-0.1, -0.05) is 375 Å². The highest BCUT2D eigenvalue weighted by atomic mass is 16.6. The summed E-state index contributed by atoms with van der Waals surface area (Å²) in [4.78, 5) is 96.3. The summed E-state index contributed by atoms with van der Waals surface area (Å²) in [5.41, 5.74) is 0. The second kappa shape index (κ2) is 85.6. The minimum absolute atomic E-state index is 0.0147. The summed E-state index contributed by atoms with van der Waals surface area (Å²) in [6, 6.07) is 0. The first-order valence-corrected chi connectivity index (χ1v) is 47.6. The predicted octanol–water partition coefficient (Wildman–Crippen LogP) is 25.9. The van der Waals surface area contributed by atoms with E-state index in [1.54, 1.807) is 0 Å². The molecule has 0 bridgehead atoms. The zero-order chi connectivity index (χ0) is 81.7. The van der Waals surface area contributed by atoms with Gasteiger partial charge >= 0.3 is 35.8 Å². The first-order valence-electron chi connectivity index (χ1n) is 47.6. The molecular weight excluding hydrogens is 1410 g/mol. The summed E-state index contributed by atoms with van der Waals surface area (Å²) < 4.78 is 30.7. The highest BCUT2D eigenvalue weighted by Crippen LogP contribution is 2.36. The molecule has 0 spiro atoms. The van der Waals surface area contributed by atoms with Crippen molar-refractivity contribution in [2.45, 2.75) is 464 Å². The van der Waals surface area contributed by atoms with Gasteiger partial charge in [0.05, 0.1) is 13.2 Å². The third-order valence-corrected chi connectivity index (χ3v) is 22.8. The first-order chi connectivity index (χ1) is 54.8. The maximum absolute atomic E-state index is 12.8. The molecule has 0 radical (unpaired) electrons. The fourth-order valence-electron chi connectivity index (χ4n) is 15.8. The van der Waals surface area contributed by atoms with Crippen molar-refractivity contribution < 1.29 is 66.8 Å². The van der Waals surface area contributed by atoms with E-state index < -0.39 is 11.9 Å². The molecule has 2 N–H and O–H groups in total. The van der Waals surface area contributed by atoms with Crippen molar-refractivity contribution in [3.05, 3.63) is 25.3 Å². The van der Waals surface area contributed by atoms with Gasteiger partial charge in [-0.05, 0) is 87.9 Å². The Labute approximate surface area is 687 Å². The number of carbonyl (C=O) groups excluding carboxylic acids is 8. The van der Waals surface area contributed by atoms with Gasteiger partial charge in [-0.3, -0.25) is 28.8 Å². The molecule has 112 heavy (non-hydrogen) atoms.